The Balaban J connectivity index is 1.41. The number of hydrogen-bond donors (Lipinski definition) is 11. The van der Waals surface area contributed by atoms with Gasteiger partial charge in [-0.3, -0.25) is 0 Å². The van der Waals surface area contributed by atoms with Crippen LogP contribution >= 0.6 is 0 Å². The Morgan fingerprint density at radius 3 is 1.82 bits per heavy atom. The molecule has 20 nitrogen and oxygen atoms in total. The van der Waals surface area contributed by atoms with Crippen LogP contribution in [0.4, 0.5) is 0 Å². The molecule has 0 aromatic rings. The van der Waals surface area contributed by atoms with Crippen molar-refractivity contribution in [2.75, 3.05) is 13.2 Å². The smallest absolute Gasteiger partial charge is 0.229 e. The monoisotopic (exact) mass is 645 g/mol. The van der Waals surface area contributed by atoms with E-state index < -0.39 is 136 Å². The lowest BCUT2D eigenvalue weighted by molar-refractivity contribution is -0.380. The fourth-order valence-corrected chi connectivity index (χ4v) is 5.21. The van der Waals surface area contributed by atoms with Crippen molar-refractivity contribution in [1.82, 2.24) is 0 Å². The normalized spacial score (nSPS) is 50.0. The van der Waals surface area contributed by atoms with E-state index in [-0.39, 0.29) is 0 Å². The van der Waals surface area contributed by atoms with Crippen molar-refractivity contribution in [3.63, 3.8) is 0 Å². The van der Waals surface area contributed by atoms with Crippen LogP contribution in [-0.4, -0.2) is 186 Å². The van der Waals surface area contributed by atoms with Crippen LogP contribution in [0.15, 0.2) is 11.8 Å². The van der Waals surface area contributed by atoms with Crippen LogP contribution in [0.25, 0.3) is 0 Å². The van der Waals surface area contributed by atoms with Crippen LogP contribution in [0.3, 0.4) is 0 Å². The molecule has 11 N–H and O–H groups in total. The lowest BCUT2D eigenvalue weighted by Gasteiger charge is -2.48. The zero-order chi connectivity index (χ0) is 32.6. The van der Waals surface area contributed by atoms with Crippen molar-refractivity contribution in [3.8, 4) is 0 Å². The predicted molar refractivity (Wildman–Crippen MR) is 129 cm³/mol. The molecule has 1 unspecified atom stereocenters. The van der Waals surface area contributed by atoms with Gasteiger partial charge in [0.05, 0.1) is 19.3 Å². The number of carbonyl (C=O) groups is 1. The summed E-state index contributed by atoms with van der Waals surface area (Å²) in [6, 6.07) is 0. The average molecular weight is 646 g/mol. The zero-order valence-electron chi connectivity index (χ0n) is 23.0. The molecule has 4 aliphatic heterocycles. The number of aliphatic hydroxyl groups excluding tert-OH is 11. The molecule has 4 heterocycles. The fraction of sp³-hybridized carbons (Fsp3) is 0.875. The summed E-state index contributed by atoms with van der Waals surface area (Å²) >= 11 is 0. The molecule has 20 heteroatoms. The molecule has 254 valence electrons. The van der Waals surface area contributed by atoms with E-state index in [2.05, 4.69) is 0 Å². The van der Waals surface area contributed by atoms with Gasteiger partial charge in [-0.05, 0) is 13.0 Å². The van der Waals surface area contributed by atoms with Gasteiger partial charge in [0.15, 0.2) is 18.9 Å². The van der Waals surface area contributed by atoms with E-state index in [1.54, 1.807) is 0 Å². The molecule has 0 aromatic carbocycles. The van der Waals surface area contributed by atoms with Gasteiger partial charge >= 0.3 is 0 Å². The molecule has 0 bridgehead atoms. The van der Waals surface area contributed by atoms with E-state index in [4.69, 9.17) is 33.2 Å². The molecule has 0 spiro atoms. The summed E-state index contributed by atoms with van der Waals surface area (Å²) < 4.78 is 37.3. The third-order valence-electron chi connectivity index (χ3n) is 7.71. The number of rotatable bonds is 9. The second kappa shape index (κ2) is 14.4. The van der Waals surface area contributed by atoms with Gasteiger partial charge in [0.25, 0.3) is 0 Å². The van der Waals surface area contributed by atoms with Gasteiger partial charge in [-0.1, -0.05) is 0 Å². The minimum atomic E-state index is -1.99. The maximum atomic E-state index is 11.2. The standard InChI is InChI=1S/C24H38O20/c1-5-17(12(30)14(32)23(38-5)44-19-11(29)8(3-25)39-21(37)16(19)34)42-24-15(33)13(31)18(9(4-26)41-24)43-22-10(28)6(27)2-7(40-22)20(35)36/h2,5-6,8-19,21-34,37H,3-4H2,1H3,(H,35,36)/p-1/t5-,6-,8+,9+,10+,11+,12-,13+,14+,15+,16+,17-,18+,19-,21?,22-,23-,24-/m0/s1. The summed E-state index contributed by atoms with van der Waals surface area (Å²) in [6.07, 6.45) is -30.4. The Kier molecular flexibility index (Phi) is 11.5. The second-order valence-electron chi connectivity index (χ2n) is 10.7. The van der Waals surface area contributed by atoms with Crippen molar-refractivity contribution >= 4 is 5.97 Å². The first-order valence-corrected chi connectivity index (χ1v) is 13.6. The van der Waals surface area contributed by atoms with Gasteiger partial charge in [0.1, 0.15) is 91.1 Å². The largest absolute Gasteiger partial charge is 0.542 e. The van der Waals surface area contributed by atoms with Crippen LogP contribution in [0.5, 0.6) is 0 Å². The number of hydrogen-bond acceptors (Lipinski definition) is 20. The molecule has 0 aromatic heterocycles. The van der Waals surface area contributed by atoms with E-state index in [1.807, 2.05) is 0 Å². The molecular formula is C24H37O20-. The van der Waals surface area contributed by atoms with Gasteiger partial charge in [0, 0.05) is 0 Å². The summed E-state index contributed by atoms with van der Waals surface area (Å²) in [5.41, 5.74) is 0. The second-order valence-corrected chi connectivity index (χ2v) is 10.7. The van der Waals surface area contributed by atoms with Crippen molar-refractivity contribution in [3.05, 3.63) is 11.8 Å². The van der Waals surface area contributed by atoms with E-state index in [9.17, 15) is 66.1 Å². The number of ether oxygens (including phenoxy) is 7. The lowest BCUT2D eigenvalue weighted by Crippen LogP contribution is -2.66. The first-order chi connectivity index (χ1) is 20.7. The number of carbonyl (C=O) groups excluding carboxylic acids is 1. The van der Waals surface area contributed by atoms with E-state index in [0.717, 1.165) is 0 Å². The molecule has 0 amide bonds. The van der Waals surface area contributed by atoms with Crippen molar-refractivity contribution < 1.29 is 99.2 Å². The molecular weight excluding hydrogens is 608 g/mol. The van der Waals surface area contributed by atoms with E-state index >= 15 is 0 Å². The summed E-state index contributed by atoms with van der Waals surface area (Å²) in [5.74, 6) is -2.73. The van der Waals surface area contributed by atoms with Crippen LogP contribution in [-0.2, 0) is 38.0 Å². The van der Waals surface area contributed by atoms with Gasteiger partial charge in [-0.15, -0.1) is 0 Å². The average Bonchev–Trinajstić information content (AvgIpc) is 2.98. The summed E-state index contributed by atoms with van der Waals surface area (Å²) in [4.78, 5) is 11.2. The first kappa shape index (κ1) is 35.2. The third kappa shape index (κ3) is 7.01. The number of carboxylic acids is 1. The molecule has 44 heavy (non-hydrogen) atoms. The summed E-state index contributed by atoms with van der Waals surface area (Å²) in [7, 11) is 0. The highest BCUT2D eigenvalue weighted by Crippen LogP contribution is 2.33. The van der Waals surface area contributed by atoms with Gasteiger partial charge in [-0.25, -0.2) is 0 Å². The first-order valence-electron chi connectivity index (χ1n) is 13.6. The Labute approximate surface area is 248 Å². The number of aliphatic carboxylic acids is 1. The SMILES string of the molecule is C[C@@H]1O[C@@H](O[C@H]2[C@H](O)[C@@H](CO)OC(O)[C@@H]2O)[C@H](O)[C@H](O)[C@H]1O[C@@H]1O[C@H](CO)[C@@H](O[C@@H]2OC(C(=O)[O-])=C[C@H](O)[C@H]2O)[C@H](O)[C@H]1O. The molecule has 0 radical (unpaired) electrons. The van der Waals surface area contributed by atoms with Crippen molar-refractivity contribution in [1.29, 1.82) is 0 Å². The van der Waals surface area contributed by atoms with Crippen molar-refractivity contribution in [2.45, 2.75) is 118 Å². The zero-order valence-corrected chi connectivity index (χ0v) is 23.0. The Bertz CT molecular complexity index is 997. The Morgan fingerprint density at radius 1 is 0.682 bits per heavy atom. The van der Waals surface area contributed by atoms with Crippen LogP contribution in [0, 0.1) is 0 Å². The van der Waals surface area contributed by atoms with E-state index in [1.165, 1.54) is 6.92 Å². The maximum Gasteiger partial charge on any atom is 0.229 e. The molecule has 4 rings (SSSR count). The minimum Gasteiger partial charge on any atom is -0.542 e. The molecule has 4 aliphatic rings. The van der Waals surface area contributed by atoms with Crippen LogP contribution < -0.4 is 5.11 Å². The molecule has 0 saturated carbocycles. The van der Waals surface area contributed by atoms with Gasteiger partial charge < -0.3 is 99.2 Å². The van der Waals surface area contributed by atoms with Gasteiger partial charge in [0.2, 0.25) is 6.29 Å². The van der Waals surface area contributed by atoms with Crippen molar-refractivity contribution in [2.24, 2.45) is 0 Å². The highest BCUT2D eigenvalue weighted by atomic mass is 16.8. The van der Waals surface area contributed by atoms with Gasteiger partial charge in [-0.2, -0.15) is 0 Å². The quantitative estimate of drug-likeness (QED) is 0.111. The number of aliphatic hydroxyl groups is 11. The van der Waals surface area contributed by atoms with Crippen LogP contribution in [0.2, 0.25) is 0 Å². The highest BCUT2D eigenvalue weighted by molar-refractivity contribution is 5.82. The molecule has 18 atom stereocenters. The summed E-state index contributed by atoms with van der Waals surface area (Å²) in [6.45, 7) is -0.301. The molecule has 3 fully saturated rings. The lowest BCUT2D eigenvalue weighted by atomic mass is 9.96. The van der Waals surface area contributed by atoms with E-state index in [0.29, 0.717) is 6.08 Å². The van der Waals surface area contributed by atoms with Crippen LogP contribution in [0.1, 0.15) is 6.92 Å². The topological polar surface area (TPSA) is 327 Å². The Morgan fingerprint density at radius 2 is 1.23 bits per heavy atom. The summed E-state index contributed by atoms with van der Waals surface area (Å²) in [5, 5.41) is 124. The number of carboxylic acid groups (broad SMARTS) is 1. The third-order valence-corrected chi connectivity index (χ3v) is 7.71. The molecule has 3 saturated heterocycles. The minimum absolute atomic E-state index is 0.654. The highest BCUT2D eigenvalue weighted by Gasteiger charge is 2.53. The predicted octanol–water partition coefficient (Wildman–Crippen LogP) is -8.81. The fourth-order valence-electron chi connectivity index (χ4n) is 5.21. The Hall–Kier alpha value is -1.67. The molecule has 0 aliphatic carbocycles. The maximum absolute atomic E-state index is 11.2.